The maximum absolute atomic E-state index is 12.2. The van der Waals surface area contributed by atoms with E-state index in [0.29, 0.717) is 17.7 Å². The van der Waals surface area contributed by atoms with Crippen LogP contribution in [0.4, 0.5) is 0 Å². The number of ether oxygens (including phenoxy) is 1. The standard InChI is InChI=1S/C20H27O7PS/c1-13(2)29(25,26)11-17-9-16(5-6-20(17)21)10-19-14(3)7-18(8-15(19)4)27-12-28(22,23)24/h5-9,13,21H,10-12H2,1-4H3,(H2,22,23,24). The number of hydrogen-bond acceptors (Lipinski definition) is 5. The third-order valence-electron chi connectivity index (χ3n) is 4.67. The fourth-order valence-electron chi connectivity index (χ4n) is 2.93. The highest BCUT2D eigenvalue weighted by Crippen LogP contribution is 2.35. The van der Waals surface area contributed by atoms with Crippen molar-refractivity contribution < 1.29 is 32.6 Å². The minimum Gasteiger partial charge on any atom is -0.508 e. The van der Waals surface area contributed by atoms with E-state index in [9.17, 15) is 18.1 Å². The molecule has 0 atom stereocenters. The molecular weight excluding hydrogens is 415 g/mol. The lowest BCUT2D eigenvalue weighted by atomic mass is 9.95. The third-order valence-corrected chi connectivity index (χ3v) is 7.28. The van der Waals surface area contributed by atoms with Crippen molar-refractivity contribution in [1.82, 2.24) is 0 Å². The van der Waals surface area contributed by atoms with E-state index in [-0.39, 0.29) is 11.5 Å². The fraction of sp³-hybridized carbons (Fsp3) is 0.400. The van der Waals surface area contributed by atoms with E-state index in [2.05, 4.69) is 0 Å². The van der Waals surface area contributed by atoms with Gasteiger partial charge in [-0.25, -0.2) is 8.42 Å². The molecule has 9 heteroatoms. The smallest absolute Gasteiger partial charge is 0.362 e. The zero-order valence-corrected chi connectivity index (χ0v) is 18.6. The van der Waals surface area contributed by atoms with Crippen LogP contribution in [0.3, 0.4) is 0 Å². The van der Waals surface area contributed by atoms with Crippen LogP contribution in [0.5, 0.6) is 11.5 Å². The van der Waals surface area contributed by atoms with Gasteiger partial charge in [-0.15, -0.1) is 0 Å². The predicted octanol–water partition coefficient (Wildman–Crippen LogP) is 3.44. The maximum atomic E-state index is 12.2. The number of sulfone groups is 1. The van der Waals surface area contributed by atoms with Crippen LogP contribution in [-0.2, 0) is 26.6 Å². The molecule has 2 aromatic carbocycles. The number of benzene rings is 2. The summed E-state index contributed by atoms with van der Waals surface area (Å²) in [5.74, 6) is 0.103. The summed E-state index contributed by atoms with van der Waals surface area (Å²) in [6.45, 7) is 6.96. The summed E-state index contributed by atoms with van der Waals surface area (Å²) in [6.07, 6.45) is -0.164. The van der Waals surface area contributed by atoms with Crippen LogP contribution in [0.1, 0.15) is 41.7 Å². The molecule has 2 aromatic rings. The average molecular weight is 442 g/mol. The molecular formula is C20H27O7PS. The molecule has 0 amide bonds. The van der Waals surface area contributed by atoms with Gasteiger partial charge in [-0.1, -0.05) is 12.1 Å². The molecule has 29 heavy (non-hydrogen) atoms. The van der Waals surface area contributed by atoms with E-state index in [1.54, 1.807) is 38.1 Å². The lowest BCUT2D eigenvalue weighted by Gasteiger charge is -2.15. The minimum atomic E-state index is -4.26. The average Bonchev–Trinajstić information content (AvgIpc) is 2.58. The summed E-state index contributed by atoms with van der Waals surface area (Å²) >= 11 is 0. The molecule has 0 heterocycles. The molecule has 0 saturated carbocycles. The summed E-state index contributed by atoms with van der Waals surface area (Å²) in [5.41, 5.74) is 3.99. The van der Waals surface area contributed by atoms with Gasteiger partial charge in [-0.3, -0.25) is 4.57 Å². The molecule has 0 saturated heterocycles. The Morgan fingerprint density at radius 3 is 2.17 bits per heavy atom. The lowest BCUT2D eigenvalue weighted by Crippen LogP contribution is -2.16. The van der Waals surface area contributed by atoms with Crippen molar-refractivity contribution in [2.24, 2.45) is 0 Å². The largest absolute Gasteiger partial charge is 0.508 e. The predicted molar refractivity (Wildman–Crippen MR) is 112 cm³/mol. The topological polar surface area (TPSA) is 121 Å². The second-order valence-corrected chi connectivity index (χ2v) is 11.6. The molecule has 0 radical (unpaired) electrons. The molecule has 0 bridgehead atoms. The van der Waals surface area contributed by atoms with Crippen molar-refractivity contribution in [1.29, 1.82) is 0 Å². The fourth-order valence-corrected chi connectivity index (χ4v) is 4.24. The number of hydrogen-bond donors (Lipinski definition) is 3. The number of aryl methyl sites for hydroxylation is 2. The molecule has 0 spiro atoms. The van der Waals surface area contributed by atoms with Gasteiger partial charge >= 0.3 is 7.60 Å². The van der Waals surface area contributed by atoms with E-state index < -0.39 is 29.0 Å². The Kier molecular flexibility index (Phi) is 7.17. The summed E-state index contributed by atoms with van der Waals surface area (Å²) in [5, 5.41) is 9.54. The Morgan fingerprint density at radius 1 is 1.07 bits per heavy atom. The van der Waals surface area contributed by atoms with E-state index in [1.165, 1.54) is 6.07 Å². The van der Waals surface area contributed by atoms with Gasteiger partial charge in [0.1, 0.15) is 11.5 Å². The van der Waals surface area contributed by atoms with Crippen molar-refractivity contribution in [3.63, 3.8) is 0 Å². The first-order chi connectivity index (χ1) is 13.3. The van der Waals surface area contributed by atoms with Gasteiger partial charge in [0.2, 0.25) is 0 Å². The van der Waals surface area contributed by atoms with E-state index >= 15 is 0 Å². The first-order valence-corrected chi connectivity index (χ1v) is 12.6. The highest BCUT2D eigenvalue weighted by atomic mass is 32.2. The SMILES string of the molecule is Cc1cc(OCP(=O)(O)O)cc(C)c1Cc1ccc(O)c(CS(=O)(=O)C(C)C)c1. The molecule has 0 unspecified atom stereocenters. The first-order valence-electron chi connectivity index (χ1n) is 9.08. The Balaban J connectivity index is 2.28. The molecule has 0 aliphatic carbocycles. The van der Waals surface area contributed by atoms with Gasteiger partial charge < -0.3 is 19.6 Å². The van der Waals surface area contributed by atoms with Crippen LogP contribution < -0.4 is 4.74 Å². The molecule has 0 aliphatic heterocycles. The van der Waals surface area contributed by atoms with Gasteiger partial charge in [-0.2, -0.15) is 0 Å². The van der Waals surface area contributed by atoms with Crippen LogP contribution >= 0.6 is 7.60 Å². The summed E-state index contributed by atoms with van der Waals surface area (Å²) in [6, 6.07) is 8.37. The Morgan fingerprint density at radius 2 is 1.66 bits per heavy atom. The molecule has 0 aliphatic rings. The second kappa shape index (κ2) is 8.88. The second-order valence-electron chi connectivity index (χ2n) is 7.47. The number of phenolic OH excluding ortho intramolecular Hbond substituents is 1. The third kappa shape index (κ3) is 6.57. The first kappa shape index (κ1) is 23.4. The molecule has 0 fully saturated rings. The molecule has 7 nitrogen and oxygen atoms in total. The van der Waals surface area contributed by atoms with E-state index in [4.69, 9.17) is 14.5 Å². The van der Waals surface area contributed by atoms with Crippen molar-refractivity contribution in [3.8, 4) is 11.5 Å². The van der Waals surface area contributed by atoms with Gasteiger partial charge in [-0.05, 0) is 74.6 Å². The van der Waals surface area contributed by atoms with Crippen molar-refractivity contribution in [2.45, 2.75) is 45.1 Å². The Hall–Kier alpha value is -1.86. The van der Waals surface area contributed by atoms with Gasteiger partial charge in [0, 0.05) is 5.56 Å². The zero-order chi connectivity index (χ0) is 22.0. The van der Waals surface area contributed by atoms with E-state index in [0.717, 1.165) is 22.3 Å². The van der Waals surface area contributed by atoms with Crippen LogP contribution in [0, 0.1) is 13.8 Å². The monoisotopic (exact) mass is 442 g/mol. The summed E-state index contributed by atoms with van der Waals surface area (Å²) in [7, 11) is -7.60. The van der Waals surface area contributed by atoms with Gasteiger partial charge in [0.25, 0.3) is 0 Å². The van der Waals surface area contributed by atoms with Crippen LogP contribution in [0.2, 0.25) is 0 Å². The minimum absolute atomic E-state index is 0.0485. The normalized spacial score (nSPS) is 12.4. The quantitative estimate of drug-likeness (QED) is 0.536. The van der Waals surface area contributed by atoms with Crippen LogP contribution in [0.25, 0.3) is 0 Å². The Labute approximate surface area is 171 Å². The lowest BCUT2D eigenvalue weighted by molar-refractivity contribution is 0.300. The van der Waals surface area contributed by atoms with Crippen molar-refractivity contribution in [2.75, 3.05) is 6.35 Å². The molecule has 2 rings (SSSR count). The van der Waals surface area contributed by atoms with Crippen LogP contribution in [-0.4, -0.2) is 34.9 Å². The highest BCUT2D eigenvalue weighted by Gasteiger charge is 2.19. The van der Waals surface area contributed by atoms with Gasteiger partial charge in [0.05, 0.1) is 11.0 Å². The van der Waals surface area contributed by atoms with Crippen molar-refractivity contribution in [3.05, 3.63) is 58.1 Å². The van der Waals surface area contributed by atoms with Gasteiger partial charge in [0.15, 0.2) is 16.2 Å². The Bertz CT molecular complexity index is 1020. The number of rotatable bonds is 8. The number of aromatic hydroxyl groups is 1. The molecule has 3 N–H and O–H groups in total. The summed E-state index contributed by atoms with van der Waals surface area (Å²) in [4.78, 5) is 17.9. The number of phenols is 1. The molecule has 0 aromatic heterocycles. The van der Waals surface area contributed by atoms with Crippen LogP contribution in [0.15, 0.2) is 30.3 Å². The highest BCUT2D eigenvalue weighted by molar-refractivity contribution is 7.91. The maximum Gasteiger partial charge on any atom is 0.362 e. The van der Waals surface area contributed by atoms with Crippen molar-refractivity contribution >= 4 is 17.4 Å². The zero-order valence-electron chi connectivity index (χ0n) is 16.9. The summed E-state index contributed by atoms with van der Waals surface area (Å²) < 4.78 is 40.6. The van der Waals surface area contributed by atoms with E-state index in [1.807, 2.05) is 13.8 Å². The molecule has 160 valence electrons.